The summed E-state index contributed by atoms with van der Waals surface area (Å²) >= 11 is 3.50. The van der Waals surface area contributed by atoms with Gasteiger partial charge in [-0.25, -0.2) is 0 Å². The van der Waals surface area contributed by atoms with E-state index in [2.05, 4.69) is 26.6 Å². The van der Waals surface area contributed by atoms with Crippen LogP contribution >= 0.6 is 15.9 Å². The molecule has 3 aromatic carbocycles. The highest BCUT2D eigenvalue weighted by Gasteiger charge is 2.18. The second-order valence-electron chi connectivity index (χ2n) is 6.38. The number of fused-ring (bicyclic) bond motifs is 1. The minimum absolute atomic E-state index is 0.0129. The van der Waals surface area contributed by atoms with Gasteiger partial charge in [0, 0.05) is 15.7 Å². The van der Waals surface area contributed by atoms with E-state index >= 15 is 0 Å². The van der Waals surface area contributed by atoms with E-state index in [1.54, 1.807) is 36.4 Å². The number of carbonyl (C=O) groups excluding carboxylic acids is 2. The van der Waals surface area contributed by atoms with Crippen molar-refractivity contribution >= 4 is 39.1 Å². The van der Waals surface area contributed by atoms with Crippen LogP contribution in [0.3, 0.4) is 0 Å². The van der Waals surface area contributed by atoms with Crippen molar-refractivity contribution in [2.24, 2.45) is 0 Å². The molecule has 1 aliphatic rings. The van der Waals surface area contributed by atoms with E-state index < -0.39 is 0 Å². The normalized spacial score (nSPS) is 12.4. The SMILES string of the molecule is O=C1COc2ccc(NC(=O)c3ccccc3OCc3ccccc3Br)cc2N1. The average molecular weight is 453 g/mol. The number of rotatable bonds is 5. The molecule has 0 atom stereocenters. The summed E-state index contributed by atoms with van der Waals surface area (Å²) < 4.78 is 12.2. The summed E-state index contributed by atoms with van der Waals surface area (Å²) in [5.74, 6) is 0.512. The van der Waals surface area contributed by atoms with Gasteiger partial charge in [0.05, 0.1) is 11.3 Å². The number of hydrogen-bond donors (Lipinski definition) is 2. The van der Waals surface area contributed by atoms with Crippen LogP contribution in [-0.2, 0) is 11.4 Å². The molecule has 0 saturated carbocycles. The number of ether oxygens (including phenoxy) is 2. The third-order valence-corrected chi connectivity index (χ3v) is 5.12. The third kappa shape index (κ3) is 4.41. The summed E-state index contributed by atoms with van der Waals surface area (Å²) in [5.41, 5.74) is 2.46. The van der Waals surface area contributed by atoms with Crippen molar-refractivity contribution in [2.75, 3.05) is 17.2 Å². The zero-order chi connectivity index (χ0) is 20.2. The van der Waals surface area contributed by atoms with Gasteiger partial charge >= 0.3 is 0 Å². The maximum atomic E-state index is 12.8. The number of halogens is 1. The lowest BCUT2D eigenvalue weighted by atomic mass is 10.1. The predicted octanol–water partition coefficient (Wildman–Crippen LogP) is 4.61. The van der Waals surface area contributed by atoms with Crippen LogP contribution in [0.25, 0.3) is 0 Å². The molecular formula is C22H17BrN2O4. The Hall–Kier alpha value is -3.32. The second-order valence-corrected chi connectivity index (χ2v) is 7.23. The van der Waals surface area contributed by atoms with Crippen LogP contribution in [-0.4, -0.2) is 18.4 Å². The molecule has 4 rings (SSSR count). The number of para-hydroxylation sites is 1. The summed E-state index contributed by atoms with van der Waals surface area (Å²) in [7, 11) is 0. The van der Waals surface area contributed by atoms with Crippen LogP contribution in [0, 0.1) is 0 Å². The Labute approximate surface area is 176 Å². The Morgan fingerprint density at radius 2 is 1.90 bits per heavy atom. The van der Waals surface area contributed by atoms with E-state index in [1.807, 2.05) is 30.3 Å². The Morgan fingerprint density at radius 1 is 1.10 bits per heavy atom. The lowest BCUT2D eigenvalue weighted by Gasteiger charge is -2.19. The number of nitrogens with one attached hydrogen (secondary N) is 2. The van der Waals surface area contributed by atoms with Crippen molar-refractivity contribution in [3.8, 4) is 11.5 Å². The van der Waals surface area contributed by atoms with Gasteiger partial charge in [-0.3, -0.25) is 9.59 Å². The first-order valence-corrected chi connectivity index (χ1v) is 9.73. The first-order valence-electron chi connectivity index (χ1n) is 8.93. The highest BCUT2D eigenvalue weighted by atomic mass is 79.9. The molecule has 0 aliphatic carbocycles. The lowest BCUT2D eigenvalue weighted by Crippen LogP contribution is -2.25. The van der Waals surface area contributed by atoms with Crippen LogP contribution in [0.4, 0.5) is 11.4 Å². The monoisotopic (exact) mass is 452 g/mol. The Kier molecular flexibility index (Phi) is 5.48. The van der Waals surface area contributed by atoms with Gasteiger partial charge < -0.3 is 20.1 Å². The van der Waals surface area contributed by atoms with Crippen molar-refractivity contribution in [1.29, 1.82) is 0 Å². The number of benzene rings is 3. The zero-order valence-electron chi connectivity index (χ0n) is 15.3. The zero-order valence-corrected chi connectivity index (χ0v) is 16.9. The van der Waals surface area contributed by atoms with Gasteiger partial charge in [0.2, 0.25) is 0 Å². The smallest absolute Gasteiger partial charge is 0.262 e. The van der Waals surface area contributed by atoms with Crippen molar-refractivity contribution in [2.45, 2.75) is 6.61 Å². The third-order valence-electron chi connectivity index (χ3n) is 4.34. The fraction of sp³-hybridized carbons (Fsp3) is 0.0909. The van der Waals surface area contributed by atoms with Gasteiger partial charge in [-0.2, -0.15) is 0 Å². The van der Waals surface area contributed by atoms with Crippen molar-refractivity contribution in [3.63, 3.8) is 0 Å². The molecule has 2 N–H and O–H groups in total. The first-order chi connectivity index (χ1) is 14.1. The predicted molar refractivity (Wildman–Crippen MR) is 113 cm³/mol. The van der Waals surface area contributed by atoms with E-state index in [0.717, 1.165) is 10.0 Å². The molecule has 0 fully saturated rings. The first kappa shape index (κ1) is 19.0. The number of hydrogen-bond acceptors (Lipinski definition) is 4. The Balaban J connectivity index is 1.50. The fourth-order valence-corrected chi connectivity index (χ4v) is 3.31. The van der Waals surface area contributed by atoms with Crippen molar-refractivity contribution < 1.29 is 19.1 Å². The van der Waals surface area contributed by atoms with Crippen molar-refractivity contribution in [1.82, 2.24) is 0 Å². The summed E-state index contributed by atoms with van der Waals surface area (Å²) in [6, 6.07) is 19.9. The molecule has 0 unspecified atom stereocenters. The summed E-state index contributed by atoms with van der Waals surface area (Å²) in [6.07, 6.45) is 0. The van der Waals surface area contributed by atoms with Crippen LogP contribution in [0.5, 0.6) is 11.5 Å². The minimum atomic E-state index is -0.310. The van der Waals surface area contributed by atoms with Gasteiger partial charge in [-0.1, -0.05) is 46.3 Å². The molecule has 1 aliphatic heterocycles. The maximum Gasteiger partial charge on any atom is 0.262 e. The molecule has 0 spiro atoms. The molecule has 0 aromatic heterocycles. The molecule has 6 nitrogen and oxygen atoms in total. The topological polar surface area (TPSA) is 76.7 Å². The van der Waals surface area contributed by atoms with Gasteiger partial charge in [0.25, 0.3) is 11.8 Å². The quantitative estimate of drug-likeness (QED) is 0.592. The molecule has 0 radical (unpaired) electrons. The number of amides is 2. The largest absolute Gasteiger partial charge is 0.488 e. The average Bonchev–Trinajstić information content (AvgIpc) is 2.73. The molecule has 0 bridgehead atoms. The number of anilines is 2. The highest BCUT2D eigenvalue weighted by molar-refractivity contribution is 9.10. The van der Waals surface area contributed by atoms with E-state index in [0.29, 0.717) is 35.0 Å². The highest BCUT2D eigenvalue weighted by Crippen LogP contribution is 2.31. The molecule has 7 heteroatoms. The molecule has 2 amide bonds. The van der Waals surface area contributed by atoms with Gasteiger partial charge in [-0.05, 0) is 36.4 Å². The van der Waals surface area contributed by atoms with Gasteiger partial charge in [0.1, 0.15) is 18.1 Å². The summed E-state index contributed by atoms with van der Waals surface area (Å²) in [4.78, 5) is 24.3. The molecule has 0 saturated heterocycles. The van der Waals surface area contributed by atoms with E-state index in [9.17, 15) is 9.59 Å². The number of carbonyl (C=O) groups is 2. The molecule has 1 heterocycles. The van der Waals surface area contributed by atoms with Crippen LogP contribution in [0.15, 0.2) is 71.2 Å². The van der Waals surface area contributed by atoms with Crippen molar-refractivity contribution in [3.05, 3.63) is 82.3 Å². The molecule has 146 valence electrons. The van der Waals surface area contributed by atoms with Gasteiger partial charge in [-0.15, -0.1) is 0 Å². The molecular weight excluding hydrogens is 436 g/mol. The molecule has 3 aromatic rings. The summed E-state index contributed by atoms with van der Waals surface area (Å²) in [5, 5.41) is 5.56. The van der Waals surface area contributed by atoms with E-state index in [4.69, 9.17) is 9.47 Å². The molecule has 29 heavy (non-hydrogen) atoms. The Bertz CT molecular complexity index is 1080. The lowest BCUT2D eigenvalue weighted by molar-refractivity contribution is -0.118. The minimum Gasteiger partial charge on any atom is -0.488 e. The summed E-state index contributed by atoms with van der Waals surface area (Å²) in [6.45, 7) is 0.314. The fourth-order valence-electron chi connectivity index (χ4n) is 2.91. The standard InChI is InChI=1S/C22H17BrN2O4/c23-17-7-3-1-5-14(17)12-28-19-8-4-2-6-16(19)22(27)24-15-9-10-20-18(11-15)25-21(26)13-29-20/h1-11H,12-13H2,(H,24,27)(H,25,26). The van der Waals surface area contributed by atoms with Gasteiger partial charge in [0.15, 0.2) is 6.61 Å². The van der Waals surface area contributed by atoms with Crippen LogP contribution in [0.1, 0.15) is 15.9 Å². The van der Waals surface area contributed by atoms with Crippen LogP contribution < -0.4 is 20.1 Å². The van der Waals surface area contributed by atoms with Crippen LogP contribution in [0.2, 0.25) is 0 Å². The second kappa shape index (κ2) is 8.36. The van der Waals surface area contributed by atoms with E-state index in [-0.39, 0.29) is 18.4 Å². The van der Waals surface area contributed by atoms with E-state index in [1.165, 1.54) is 0 Å². The maximum absolute atomic E-state index is 12.8. The Morgan fingerprint density at radius 3 is 2.76 bits per heavy atom.